The van der Waals surface area contributed by atoms with E-state index in [2.05, 4.69) is 15.5 Å². The van der Waals surface area contributed by atoms with E-state index in [1.54, 1.807) is 19.3 Å². The minimum Gasteiger partial charge on any atom is -0.497 e. The van der Waals surface area contributed by atoms with Crippen LogP contribution in [0.4, 0.5) is 5.69 Å². The topological polar surface area (TPSA) is 77.3 Å². The van der Waals surface area contributed by atoms with Gasteiger partial charge >= 0.3 is 0 Å². The van der Waals surface area contributed by atoms with E-state index in [0.717, 1.165) is 11.1 Å². The van der Waals surface area contributed by atoms with E-state index in [4.69, 9.17) is 9.15 Å². The van der Waals surface area contributed by atoms with Crippen LogP contribution in [0.15, 0.2) is 89.4 Å². The van der Waals surface area contributed by atoms with Gasteiger partial charge in [-0.1, -0.05) is 48.5 Å². The van der Waals surface area contributed by atoms with Crippen LogP contribution >= 0.6 is 0 Å². The first-order valence-corrected chi connectivity index (χ1v) is 9.34. The van der Waals surface area contributed by atoms with Gasteiger partial charge in [-0.15, -0.1) is 10.2 Å². The molecule has 1 heterocycles. The van der Waals surface area contributed by atoms with Crippen molar-refractivity contribution in [3.63, 3.8) is 0 Å². The lowest BCUT2D eigenvalue weighted by atomic mass is 10.1. The minimum atomic E-state index is -0.251. The van der Waals surface area contributed by atoms with Crippen molar-refractivity contribution >= 4 is 17.7 Å². The number of carbonyl (C=O) groups is 1. The van der Waals surface area contributed by atoms with Crippen molar-refractivity contribution in [1.29, 1.82) is 0 Å². The molecule has 0 radical (unpaired) electrons. The van der Waals surface area contributed by atoms with Gasteiger partial charge in [-0.3, -0.25) is 4.79 Å². The molecule has 0 atom stereocenters. The van der Waals surface area contributed by atoms with Gasteiger partial charge in [-0.25, -0.2) is 0 Å². The van der Waals surface area contributed by atoms with Crippen molar-refractivity contribution in [2.75, 3.05) is 12.4 Å². The molecule has 6 nitrogen and oxygen atoms in total. The first-order valence-electron chi connectivity index (χ1n) is 9.34. The molecule has 6 heteroatoms. The number of hydrogen-bond donors (Lipinski definition) is 1. The number of benzene rings is 3. The molecule has 3 aromatic carbocycles. The number of methoxy groups -OCH3 is 1. The number of nitrogens with one attached hydrogen (secondary N) is 1. The Kier molecular flexibility index (Phi) is 5.66. The predicted molar refractivity (Wildman–Crippen MR) is 116 cm³/mol. The molecule has 148 valence electrons. The molecule has 1 N–H and O–H groups in total. The maximum absolute atomic E-state index is 12.4. The van der Waals surface area contributed by atoms with Crippen molar-refractivity contribution in [2.24, 2.45) is 0 Å². The summed E-state index contributed by atoms with van der Waals surface area (Å²) in [6.07, 6.45) is 3.24. The van der Waals surface area contributed by atoms with Crippen molar-refractivity contribution in [1.82, 2.24) is 10.2 Å². The summed E-state index contributed by atoms with van der Waals surface area (Å²) in [5, 5.41) is 11.2. The standard InChI is InChI=1S/C24H19N3O3/c1-29-19-11-7-10-18(16-19)23-26-27-24(30-23)20-12-5-6-13-21(20)25-22(28)15-14-17-8-3-2-4-9-17/h2-16H,1H3,(H,25,28)/b15-14+. The number of aromatic nitrogens is 2. The van der Waals surface area contributed by atoms with Gasteiger partial charge in [0.25, 0.3) is 0 Å². The minimum absolute atomic E-state index is 0.251. The molecule has 0 aliphatic rings. The van der Waals surface area contributed by atoms with Gasteiger partial charge in [0.2, 0.25) is 17.7 Å². The summed E-state index contributed by atoms with van der Waals surface area (Å²) >= 11 is 0. The smallest absolute Gasteiger partial charge is 0.250 e. The van der Waals surface area contributed by atoms with Gasteiger partial charge in [0.15, 0.2) is 0 Å². The van der Waals surface area contributed by atoms with Crippen LogP contribution in [0.1, 0.15) is 5.56 Å². The van der Waals surface area contributed by atoms with E-state index in [1.165, 1.54) is 6.08 Å². The number of rotatable bonds is 6. The summed E-state index contributed by atoms with van der Waals surface area (Å²) in [5.74, 6) is 1.13. The first-order chi connectivity index (χ1) is 14.7. The van der Waals surface area contributed by atoms with E-state index in [1.807, 2.05) is 72.8 Å². The second-order valence-electron chi connectivity index (χ2n) is 6.42. The zero-order chi connectivity index (χ0) is 20.8. The zero-order valence-corrected chi connectivity index (χ0v) is 16.3. The number of hydrogen-bond acceptors (Lipinski definition) is 5. The van der Waals surface area contributed by atoms with Crippen molar-refractivity contribution < 1.29 is 13.9 Å². The predicted octanol–water partition coefficient (Wildman–Crippen LogP) is 5.06. The Bertz CT molecular complexity index is 1180. The molecule has 1 aromatic heterocycles. The highest BCUT2D eigenvalue weighted by Gasteiger charge is 2.15. The number of para-hydroxylation sites is 1. The molecular weight excluding hydrogens is 378 g/mol. The summed E-state index contributed by atoms with van der Waals surface area (Å²) in [4.78, 5) is 12.4. The van der Waals surface area contributed by atoms with Crippen LogP contribution in [0.3, 0.4) is 0 Å². The molecule has 0 spiro atoms. The highest BCUT2D eigenvalue weighted by Crippen LogP contribution is 2.30. The fraction of sp³-hybridized carbons (Fsp3) is 0.0417. The maximum atomic E-state index is 12.4. The summed E-state index contributed by atoms with van der Waals surface area (Å²) in [7, 11) is 1.60. The van der Waals surface area contributed by atoms with E-state index >= 15 is 0 Å². The van der Waals surface area contributed by atoms with Crippen LogP contribution in [-0.4, -0.2) is 23.2 Å². The lowest BCUT2D eigenvalue weighted by molar-refractivity contribution is -0.111. The molecule has 0 fully saturated rings. The molecular formula is C24H19N3O3. The van der Waals surface area contributed by atoms with Crippen LogP contribution in [0.2, 0.25) is 0 Å². The highest BCUT2D eigenvalue weighted by molar-refractivity contribution is 6.03. The average molecular weight is 397 g/mol. The number of anilines is 1. The maximum Gasteiger partial charge on any atom is 0.250 e. The first kappa shape index (κ1) is 19.1. The van der Waals surface area contributed by atoms with Crippen LogP contribution in [0.25, 0.3) is 29.0 Å². The molecule has 0 saturated heterocycles. The number of ether oxygens (including phenoxy) is 1. The van der Waals surface area contributed by atoms with E-state index in [9.17, 15) is 4.79 Å². The Hall–Kier alpha value is -4.19. The largest absolute Gasteiger partial charge is 0.497 e. The van der Waals surface area contributed by atoms with Crippen LogP contribution in [-0.2, 0) is 4.79 Å². The molecule has 1 amide bonds. The molecule has 4 rings (SSSR count). The SMILES string of the molecule is COc1cccc(-c2nnc(-c3ccccc3NC(=O)/C=C/c3ccccc3)o2)c1. The molecule has 4 aromatic rings. The Labute approximate surface area is 173 Å². The van der Waals surface area contributed by atoms with Gasteiger partial charge in [0, 0.05) is 11.6 Å². The summed E-state index contributed by atoms with van der Waals surface area (Å²) in [6.45, 7) is 0. The van der Waals surface area contributed by atoms with Crippen LogP contribution < -0.4 is 10.1 Å². The lowest BCUT2D eigenvalue weighted by Gasteiger charge is -2.06. The zero-order valence-electron chi connectivity index (χ0n) is 16.3. The van der Waals surface area contributed by atoms with Crippen LogP contribution in [0.5, 0.6) is 5.75 Å². The Morgan fingerprint density at radius 1 is 0.933 bits per heavy atom. The average Bonchev–Trinajstić information content (AvgIpc) is 3.29. The monoisotopic (exact) mass is 397 g/mol. The van der Waals surface area contributed by atoms with Gasteiger partial charge in [-0.2, -0.15) is 0 Å². The van der Waals surface area contributed by atoms with Gasteiger partial charge in [-0.05, 0) is 42.0 Å². The summed E-state index contributed by atoms with van der Waals surface area (Å²) in [6, 6.07) is 24.3. The third-order valence-electron chi connectivity index (χ3n) is 4.38. The molecule has 0 aliphatic carbocycles. The summed E-state index contributed by atoms with van der Waals surface area (Å²) < 4.78 is 11.1. The molecule has 0 bridgehead atoms. The summed E-state index contributed by atoms with van der Waals surface area (Å²) in [5.41, 5.74) is 2.92. The Morgan fingerprint density at radius 2 is 1.70 bits per heavy atom. The van der Waals surface area contributed by atoms with Crippen molar-refractivity contribution in [3.8, 4) is 28.7 Å². The molecule has 0 aliphatic heterocycles. The number of amides is 1. The van der Waals surface area contributed by atoms with Crippen molar-refractivity contribution in [2.45, 2.75) is 0 Å². The van der Waals surface area contributed by atoms with Crippen molar-refractivity contribution in [3.05, 3.63) is 90.5 Å². The quantitative estimate of drug-likeness (QED) is 0.460. The third-order valence-corrected chi connectivity index (χ3v) is 4.38. The van der Waals surface area contributed by atoms with Gasteiger partial charge < -0.3 is 14.5 Å². The van der Waals surface area contributed by atoms with Gasteiger partial charge in [0.1, 0.15) is 5.75 Å². The normalized spacial score (nSPS) is 10.8. The number of carbonyl (C=O) groups excluding carboxylic acids is 1. The second kappa shape index (κ2) is 8.87. The fourth-order valence-corrected chi connectivity index (χ4v) is 2.89. The van der Waals surface area contributed by atoms with E-state index < -0.39 is 0 Å². The Balaban J connectivity index is 1.56. The second-order valence-corrected chi connectivity index (χ2v) is 6.42. The number of nitrogens with zero attached hydrogens (tertiary/aromatic N) is 2. The Morgan fingerprint density at radius 3 is 2.53 bits per heavy atom. The van der Waals surface area contributed by atoms with E-state index in [-0.39, 0.29) is 5.91 Å². The lowest BCUT2D eigenvalue weighted by Crippen LogP contribution is -2.08. The molecule has 30 heavy (non-hydrogen) atoms. The van der Waals surface area contributed by atoms with Gasteiger partial charge in [0.05, 0.1) is 18.4 Å². The molecule has 0 unspecified atom stereocenters. The van der Waals surface area contributed by atoms with Crippen LogP contribution in [0, 0.1) is 0 Å². The third kappa shape index (κ3) is 4.44. The molecule has 0 saturated carbocycles. The van der Waals surface area contributed by atoms with E-state index in [0.29, 0.717) is 28.8 Å². The highest BCUT2D eigenvalue weighted by atomic mass is 16.5. The fourth-order valence-electron chi connectivity index (χ4n) is 2.89.